The van der Waals surface area contributed by atoms with Crippen molar-refractivity contribution in [2.75, 3.05) is 20.2 Å². The quantitative estimate of drug-likeness (QED) is 0.168. The van der Waals surface area contributed by atoms with E-state index in [-0.39, 0.29) is 0 Å². The Morgan fingerprint density at radius 3 is 1.17 bits per heavy atom. The van der Waals surface area contributed by atoms with Gasteiger partial charge in [-0.15, -0.1) is 0 Å². The summed E-state index contributed by atoms with van der Waals surface area (Å²) < 4.78 is 0. The Balaban J connectivity index is 3.00. The van der Waals surface area contributed by atoms with Gasteiger partial charge in [-0.25, -0.2) is 0 Å². The molecule has 0 aromatic heterocycles. The summed E-state index contributed by atoms with van der Waals surface area (Å²) in [5, 5.41) is 1.98. The molecule has 0 aliphatic heterocycles. The Kier molecular flexibility index (Phi) is 20.9. The highest BCUT2D eigenvalue weighted by molar-refractivity contribution is 4.50. The van der Waals surface area contributed by atoms with Crippen molar-refractivity contribution in [3.05, 3.63) is 0 Å². The third-order valence-electron chi connectivity index (χ3n) is 4.93. The van der Waals surface area contributed by atoms with Crippen LogP contribution in [0.2, 0.25) is 0 Å². The van der Waals surface area contributed by atoms with E-state index in [9.17, 15) is 0 Å². The van der Waals surface area contributed by atoms with Crippen molar-refractivity contribution in [1.29, 1.82) is 0 Å². The summed E-state index contributed by atoms with van der Waals surface area (Å²) in [6.07, 6.45) is 24.4. The van der Waals surface area contributed by atoms with E-state index in [1.165, 1.54) is 109 Å². The number of unbranched alkanes of at least 4 members (excludes halogenated alkanes) is 16. The van der Waals surface area contributed by atoms with Crippen LogP contribution in [0.25, 0.3) is 0 Å². The Bertz CT molecular complexity index is 220. The molecule has 0 amide bonds. The van der Waals surface area contributed by atoms with Crippen molar-refractivity contribution >= 4 is 0 Å². The van der Waals surface area contributed by atoms with Gasteiger partial charge in [-0.2, -0.15) is 5.06 Å². The Labute approximate surface area is 153 Å². The summed E-state index contributed by atoms with van der Waals surface area (Å²) >= 11 is 0. The van der Waals surface area contributed by atoms with Gasteiger partial charge in [0.05, 0.1) is 6.61 Å². The smallest absolute Gasteiger partial charge is 0.0656 e. The first kappa shape index (κ1) is 23.9. The number of hydroxylamine groups is 2. The zero-order valence-electron chi connectivity index (χ0n) is 17.3. The van der Waals surface area contributed by atoms with E-state index in [1.807, 2.05) is 19.0 Å². The summed E-state index contributed by atoms with van der Waals surface area (Å²) in [5.41, 5.74) is 0. The van der Waals surface area contributed by atoms with Crippen molar-refractivity contribution in [1.82, 2.24) is 5.06 Å². The lowest BCUT2D eigenvalue weighted by Gasteiger charge is -2.14. The van der Waals surface area contributed by atoms with E-state index in [0.717, 1.165) is 13.2 Å². The highest BCUT2D eigenvalue weighted by Gasteiger charge is 1.97. The topological polar surface area (TPSA) is 12.5 Å². The largest absolute Gasteiger partial charge is 0.300 e. The van der Waals surface area contributed by atoms with Crippen LogP contribution in [-0.4, -0.2) is 25.3 Å². The first-order chi connectivity index (χ1) is 11.8. The predicted molar refractivity (Wildman–Crippen MR) is 108 cm³/mol. The molecule has 0 aliphatic carbocycles. The van der Waals surface area contributed by atoms with Gasteiger partial charge < -0.3 is 0 Å². The summed E-state index contributed by atoms with van der Waals surface area (Å²) in [6.45, 7) is 6.20. The minimum absolute atomic E-state index is 0.787. The van der Waals surface area contributed by atoms with Gasteiger partial charge in [0.1, 0.15) is 0 Å². The summed E-state index contributed by atoms with van der Waals surface area (Å²) in [7, 11) is 2.04. The lowest BCUT2D eigenvalue weighted by molar-refractivity contribution is -0.135. The summed E-state index contributed by atoms with van der Waals surface area (Å²) in [4.78, 5) is 5.40. The number of nitrogens with zero attached hydrogens (tertiary/aromatic N) is 1. The average molecular weight is 342 g/mol. The SMILES string of the molecule is CCCCCCCCCCCCCCCCCCCN(C)OCC. The maximum atomic E-state index is 5.40. The standard InChI is InChI=1S/C22H47NO/c1-4-6-7-8-9-10-11-12-13-14-15-16-17-18-19-20-21-22-23(3)24-5-2/h4-22H2,1-3H3. The van der Waals surface area contributed by atoms with Gasteiger partial charge in [0.2, 0.25) is 0 Å². The zero-order chi connectivity index (χ0) is 17.7. The van der Waals surface area contributed by atoms with Crippen LogP contribution >= 0.6 is 0 Å². The molecular formula is C22H47NO. The molecule has 0 heterocycles. The normalized spacial score (nSPS) is 11.5. The van der Waals surface area contributed by atoms with Gasteiger partial charge in [0.15, 0.2) is 0 Å². The summed E-state index contributed by atoms with van der Waals surface area (Å²) in [5.74, 6) is 0. The molecule has 146 valence electrons. The molecule has 0 radical (unpaired) electrons. The highest BCUT2D eigenvalue weighted by atomic mass is 16.7. The van der Waals surface area contributed by atoms with Crippen LogP contribution in [0.5, 0.6) is 0 Å². The average Bonchev–Trinajstić information content (AvgIpc) is 2.58. The molecule has 0 spiro atoms. The van der Waals surface area contributed by atoms with Crippen LogP contribution in [0.3, 0.4) is 0 Å². The fourth-order valence-corrected chi connectivity index (χ4v) is 3.34. The molecule has 0 aromatic carbocycles. The van der Waals surface area contributed by atoms with E-state index < -0.39 is 0 Å². The molecule has 0 saturated carbocycles. The van der Waals surface area contributed by atoms with Crippen molar-refractivity contribution in [2.45, 2.75) is 123 Å². The monoisotopic (exact) mass is 341 g/mol. The second kappa shape index (κ2) is 21.0. The van der Waals surface area contributed by atoms with E-state index in [4.69, 9.17) is 4.84 Å². The maximum absolute atomic E-state index is 5.40. The third-order valence-corrected chi connectivity index (χ3v) is 4.93. The molecule has 0 rings (SSSR count). The Morgan fingerprint density at radius 2 is 0.833 bits per heavy atom. The molecule has 0 aromatic rings. The molecule has 0 fully saturated rings. The molecule has 0 aliphatic rings. The first-order valence-electron chi connectivity index (χ1n) is 11.1. The molecule has 0 atom stereocenters. The minimum atomic E-state index is 0.787. The zero-order valence-corrected chi connectivity index (χ0v) is 17.3. The third kappa shape index (κ3) is 20.0. The van der Waals surface area contributed by atoms with Crippen LogP contribution in [0.1, 0.15) is 123 Å². The second-order valence-electron chi connectivity index (χ2n) is 7.43. The number of hydrogen-bond acceptors (Lipinski definition) is 2. The maximum Gasteiger partial charge on any atom is 0.0656 e. The molecule has 0 N–H and O–H groups in total. The Hall–Kier alpha value is -0.0800. The molecular weight excluding hydrogens is 294 g/mol. The number of rotatable bonds is 20. The van der Waals surface area contributed by atoms with Crippen LogP contribution < -0.4 is 0 Å². The van der Waals surface area contributed by atoms with Crippen LogP contribution in [0.4, 0.5) is 0 Å². The fourth-order valence-electron chi connectivity index (χ4n) is 3.34. The minimum Gasteiger partial charge on any atom is -0.300 e. The van der Waals surface area contributed by atoms with Crippen molar-refractivity contribution in [3.63, 3.8) is 0 Å². The van der Waals surface area contributed by atoms with Gasteiger partial charge in [-0.1, -0.05) is 110 Å². The molecule has 24 heavy (non-hydrogen) atoms. The molecule has 0 saturated heterocycles. The van der Waals surface area contributed by atoms with E-state index >= 15 is 0 Å². The number of hydrogen-bond donors (Lipinski definition) is 0. The van der Waals surface area contributed by atoms with Gasteiger partial charge in [0, 0.05) is 13.6 Å². The second-order valence-corrected chi connectivity index (χ2v) is 7.43. The van der Waals surface area contributed by atoms with Crippen LogP contribution in [0.15, 0.2) is 0 Å². The van der Waals surface area contributed by atoms with Crippen molar-refractivity contribution in [3.8, 4) is 0 Å². The highest BCUT2D eigenvalue weighted by Crippen LogP contribution is 2.14. The van der Waals surface area contributed by atoms with Gasteiger partial charge in [0.25, 0.3) is 0 Å². The van der Waals surface area contributed by atoms with E-state index in [1.54, 1.807) is 0 Å². The van der Waals surface area contributed by atoms with E-state index in [0.29, 0.717) is 0 Å². The van der Waals surface area contributed by atoms with Crippen LogP contribution in [0, 0.1) is 0 Å². The van der Waals surface area contributed by atoms with Crippen LogP contribution in [-0.2, 0) is 4.84 Å². The van der Waals surface area contributed by atoms with Crippen molar-refractivity contribution < 1.29 is 4.84 Å². The lowest BCUT2D eigenvalue weighted by atomic mass is 10.0. The van der Waals surface area contributed by atoms with Crippen molar-refractivity contribution in [2.24, 2.45) is 0 Å². The molecule has 0 unspecified atom stereocenters. The molecule has 2 nitrogen and oxygen atoms in total. The molecule has 2 heteroatoms. The van der Waals surface area contributed by atoms with Gasteiger partial charge >= 0.3 is 0 Å². The lowest BCUT2D eigenvalue weighted by Crippen LogP contribution is -2.19. The first-order valence-corrected chi connectivity index (χ1v) is 11.1. The molecule has 0 bridgehead atoms. The summed E-state index contributed by atoms with van der Waals surface area (Å²) in [6, 6.07) is 0. The van der Waals surface area contributed by atoms with Gasteiger partial charge in [-0.3, -0.25) is 4.84 Å². The fraction of sp³-hybridized carbons (Fsp3) is 1.00. The van der Waals surface area contributed by atoms with E-state index in [2.05, 4.69) is 6.92 Å². The Morgan fingerprint density at radius 1 is 0.500 bits per heavy atom. The predicted octanol–water partition coefficient (Wildman–Crippen LogP) is 7.52. The van der Waals surface area contributed by atoms with Gasteiger partial charge in [-0.05, 0) is 13.3 Å².